The van der Waals surface area contributed by atoms with Crippen LogP contribution in [0.5, 0.6) is 0 Å². The average Bonchev–Trinajstić information content (AvgIpc) is 2.86. The molecule has 12 heteroatoms. The number of nitrogens with one attached hydrogen (secondary N) is 3. The van der Waals surface area contributed by atoms with Gasteiger partial charge in [0.15, 0.2) is 0 Å². The molecule has 36 heavy (non-hydrogen) atoms. The Morgan fingerprint density at radius 3 is 2.36 bits per heavy atom. The Hall–Kier alpha value is -4.22. The van der Waals surface area contributed by atoms with Crippen LogP contribution in [0.4, 0.5) is 17.5 Å². The van der Waals surface area contributed by atoms with Crippen molar-refractivity contribution in [1.82, 2.24) is 9.97 Å². The third-order valence-corrected chi connectivity index (χ3v) is 6.25. The molecule has 1 saturated heterocycles. The van der Waals surface area contributed by atoms with Gasteiger partial charge >= 0.3 is 11.9 Å². The Labute approximate surface area is 206 Å². The van der Waals surface area contributed by atoms with Crippen molar-refractivity contribution in [3.05, 3.63) is 45.2 Å². The van der Waals surface area contributed by atoms with Crippen LogP contribution in [0.2, 0.25) is 0 Å². The number of nitrogens with zero attached hydrogens (tertiary/aromatic N) is 2. The Morgan fingerprint density at radius 2 is 1.75 bits per heavy atom. The lowest BCUT2D eigenvalue weighted by Crippen LogP contribution is -2.40. The highest BCUT2D eigenvalue weighted by molar-refractivity contribution is 6.05. The smallest absolute Gasteiger partial charge is 0.337 e. The molecule has 4 rings (SSSR count). The number of hydrogen-bond donors (Lipinski definition) is 3. The number of rotatable bonds is 5. The fourth-order valence-electron chi connectivity index (χ4n) is 4.52. The number of aromatic nitrogens is 2. The van der Waals surface area contributed by atoms with Crippen molar-refractivity contribution in [1.29, 1.82) is 0 Å². The highest BCUT2D eigenvalue weighted by Gasteiger charge is 2.35. The lowest BCUT2D eigenvalue weighted by molar-refractivity contribution is -0.123. The van der Waals surface area contributed by atoms with Crippen LogP contribution in [0.1, 0.15) is 58.4 Å². The predicted octanol–water partition coefficient (Wildman–Crippen LogP) is 1.64. The first-order valence-corrected chi connectivity index (χ1v) is 11.5. The van der Waals surface area contributed by atoms with Crippen LogP contribution in [0.3, 0.4) is 0 Å². The van der Waals surface area contributed by atoms with Gasteiger partial charge in [-0.1, -0.05) is 6.92 Å². The van der Waals surface area contributed by atoms with Gasteiger partial charge in [0.05, 0.1) is 36.8 Å². The quantitative estimate of drug-likeness (QED) is 0.522. The number of piperidine rings is 1. The predicted molar refractivity (Wildman–Crippen MR) is 129 cm³/mol. The molecule has 0 saturated carbocycles. The molecule has 190 valence electrons. The van der Waals surface area contributed by atoms with Gasteiger partial charge in [-0.15, -0.1) is 0 Å². The average molecular weight is 498 g/mol. The molecule has 0 unspecified atom stereocenters. The van der Waals surface area contributed by atoms with Crippen LogP contribution in [-0.4, -0.2) is 61.0 Å². The number of hydrogen-bond acceptors (Lipinski definition) is 9. The summed E-state index contributed by atoms with van der Waals surface area (Å²) in [6, 6.07) is 3.92. The summed E-state index contributed by atoms with van der Waals surface area (Å²) in [6.07, 6.45) is 1.77. The second-order valence-electron chi connectivity index (χ2n) is 8.92. The van der Waals surface area contributed by atoms with Gasteiger partial charge in [-0.25, -0.2) is 9.59 Å². The normalized spacial score (nSPS) is 19.1. The Bertz CT molecular complexity index is 1250. The fraction of sp³-hybridized carbons (Fsp3) is 0.417. The van der Waals surface area contributed by atoms with Crippen LogP contribution >= 0.6 is 0 Å². The van der Waals surface area contributed by atoms with Crippen molar-refractivity contribution in [3.8, 4) is 0 Å². The minimum absolute atomic E-state index is 0.0115. The van der Waals surface area contributed by atoms with E-state index in [1.165, 1.54) is 32.4 Å². The van der Waals surface area contributed by atoms with E-state index in [1.807, 2.05) is 4.90 Å². The van der Waals surface area contributed by atoms with Crippen molar-refractivity contribution in [3.63, 3.8) is 0 Å². The van der Waals surface area contributed by atoms with Gasteiger partial charge in [-0.2, -0.15) is 4.98 Å². The maximum atomic E-state index is 13.2. The molecular formula is C24H27N5O7. The van der Waals surface area contributed by atoms with Gasteiger partial charge in [0.1, 0.15) is 5.82 Å². The Balaban J connectivity index is 1.66. The summed E-state index contributed by atoms with van der Waals surface area (Å²) >= 11 is 0. The highest BCUT2D eigenvalue weighted by Crippen LogP contribution is 2.31. The maximum Gasteiger partial charge on any atom is 0.337 e. The molecule has 1 aromatic heterocycles. The second kappa shape index (κ2) is 10.2. The first-order chi connectivity index (χ1) is 17.2. The third kappa shape index (κ3) is 5.07. The second-order valence-corrected chi connectivity index (χ2v) is 8.92. The van der Waals surface area contributed by atoms with E-state index < -0.39 is 35.2 Å². The van der Waals surface area contributed by atoms with E-state index >= 15 is 0 Å². The topological polar surface area (TPSA) is 160 Å². The van der Waals surface area contributed by atoms with Crippen molar-refractivity contribution in [2.75, 3.05) is 42.8 Å². The molecule has 2 amide bonds. The highest BCUT2D eigenvalue weighted by atomic mass is 16.5. The minimum Gasteiger partial charge on any atom is -0.465 e. The number of methoxy groups -OCH3 is 2. The number of benzene rings is 1. The van der Waals surface area contributed by atoms with Crippen LogP contribution in [0, 0.1) is 5.92 Å². The summed E-state index contributed by atoms with van der Waals surface area (Å²) in [5.41, 5.74) is -0.362. The first kappa shape index (κ1) is 24.9. The monoisotopic (exact) mass is 497 g/mol. The van der Waals surface area contributed by atoms with E-state index in [0.717, 1.165) is 25.9 Å². The number of carbonyl (C=O) groups is 4. The summed E-state index contributed by atoms with van der Waals surface area (Å²) in [7, 11) is 2.36. The maximum absolute atomic E-state index is 13.2. The van der Waals surface area contributed by atoms with Gasteiger partial charge in [0.25, 0.3) is 5.56 Å². The summed E-state index contributed by atoms with van der Waals surface area (Å²) in [4.78, 5) is 72.0. The van der Waals surface area contributed by atoms with Crippen LogP contribution in [0.15, 0.2) is 23.0 Å². The minimum atomic E-state index is -1.14. The molecule has 0 spiro atoms. The molecule has 2 aliphatic heterocycles. The van der Waals surface area contributed by atoms with Crippen LogP contribution < -0.4 is 21.1 Å². The molecule has 0 radical (unpaired) electrons. The molecule has 2 atom stereocenters. The molecule has 1 aromatic carbocycles. The van der Waals surface area contributed by atoms with Gasteiger partial charge in [0.2, 0.25) is 17.8 Å². The zero-order valence-corrected chi connectivity index (χ0v) is 20.2. The zero-order chi connectivity index (χ0) is 26.0. The number of esters is 2. The number of carbonyl (C=O) groups excluding carboxylic acids is 4. The summed E-state index contributed by atoms with van der Waals surface area (Å²) in [6.45, 7) is 3.56. The molecule has 12 nitrogen and oxygen atoms in total. The lowest BCUT2D eigenvalue weighted by Gasteiger charge is -2.32. The van der Waals surface area contributed by atoms with Crippen molar-refractivity contribution in [2.24, 2.45) is 5.92 Å². The molecule has 3 heterocycles. The fourth-order valence-corrected chi connectivity index (χ4v) is 4.52. The van der Waals surface area contributed by atoms with Gasteiger partial charge in [-0.05, 0) is 37.0 Å². The van der Waals surface area contributed by atoms with Gasteiger partial charge < -0.3 is 25.0 Å². The van der Waals surface area contributed by atoms with E-state index in [-0.39, 0.29) is 34.6 Å². The molecule has 0 aliphatic carbocycles. The molecular weight excluding hydrogens is 470 g/mol. The number of amides is 2. The Morgan fingerprint density at radius 1 is 1.08 bits per heavy atom. The van der Waals surface area contributed by atoms with Gasteiger partial charge in [-0.3, -0.25) is 19.4 Å². The van der Waals surface area contributed by atoms with Gasteiger partial charge in [0, 0.05) is 25.2 Å². The van der Waals surface area contributed by atoms with Crippen LogP contribution in [-0.2, 0) is 19.1 Å². The summed E-state index contributed by atoms with van der Waals surface area (Å²) in [5.74, 6) is -2.89. The summed E-state index contributed by atoms with van der Waals surface area (Å²) in [5, 5.41) is 5.20. The molecule has 3 N–H and O–H groups in total. The van der Waals surface area contributed by atoms with Crippen molar-refractivity contribution >= 4 is 41.2 Å². The molecule has 0 bridgehead atoms. The number of aromatic amines is 1. The summed E-state index contributed by atoms with van der Waals surface area (Å²) < 4.78 is 9.42. The Kier molecular flexibility index (Phi) is 7.04. The molecule has 2 aliphatic rings. The van der Waals surface area contributed by atoms with E-state index in [4.69, 9.17) is 9.47 Å². The van der Waals surface area contributed by atoms with E-state index in [9.17, 15) is 24.0 Å². The SMILES string of the molecule is COC(=O)c1cc(NC(=O)[C@H]2CC(=O)Nc3nc(N4CCC[C@H](C)C4)[nH]c(=O)c32)cc(C(=O)OC)c1. The number of fused-ring (bicyclic) bond motifs is 1. The lowest BCUT2D eigenvalue weighted by atomic mass is 9.92. The third-order valence-electron chi connectivity index (χ3n) is 6.25. The zero-order valence-electron chi connectivity index (χ0n) is 20.2. The molecule has 1 fully saturated rings. The largest absolute Gasteiger partial charge is 0.465 e. The van der Waals surface area contributed by atoms with E-state index in [0.29, 0.717) is 11.9 Å². The standard InChI is InChI=1S/C24H27N5O7/c1-12-5-4-6-29(11-12)24-27-19-18(21(32)28-24)16(10-17(30)26-19)20(31)25-15-8-13(22(33)35-2)7-14(9-15)23(34)36-3/h7-9,12,16H,4-6,10-11H2,1-3H3,(H,25,31)(H2,26,27,28,30,32)/t12-,16-/m0/s1. The van der Waals surface area contributed by atoms with Crippen molar-refractivity contribution in [2.45, 2.75) is 32.1 Å². The van der Waals surface area contributed by atoms with Crippen molar-refractivity contribution < 1.29 is 28.7 Å². The van der Waals surface area contributed by atoms with Crippen LogP contribution in [0.25, 0.3) is 0 Å². The number of ether oxygens (including phenoxy) is 2. The molecule has 2 aromatic rings. The van der Waals surface area contributed by atoms with E-state index in [1.54, 1.807) is 0 Å². The van der Waals surface area contributed by atoms with E-state index in [2.05, 4.69) is 27.5 Å². The number of anilines is 3. The number of H-pyrrole nitrogens is 1. The first-order valence-electron chi connectivity index (χ1n) is 11.5.